The second-order valence-corrected chi connectivity index (χ2v) is 5.87. The van der Waals surface area contributed by atoms with E-state index in [4.69, 9.17) is 9.26 Å². The molecule has 2 rings (SSSR count). The fourth-order valence-corrected chi connectivity index (χ4v) is 3.00. The Morgan fingerprint density at radius 3 is 2.70 bits per heavy atom. The van der Waals surface area contributed by atoms with Gasteiger partial charge in [0.05, 0.1) is 29.8 Å². The first-order chi connectivity index (χ1) is 11.0. The summed E-state index contributed by atoms with van der Waals surface area (Å²) in [6.07, 6.45) is 0. The largest absolute Gasteiger partial charge is 0.465 e. The lowest BCUT2D eigenvalue weighted by atomic mass is 10.2. The first kappa shape index (κ1) is 17.1. The Balaban J connectivity index is 1.92. The number of aromatic nitrogens is 1. The zero-order valence-electron chi connectivity index (χ0n) is 13.2. The molecule has 0 aliphatic carbocycles. The number of amides is 1. The summed E-state index contributed by atoms with van der Waals surface area (Å²) < 4.78 is 9.79. The Morgan fingerprint density at radius 2 is 2.04 bits per heavy atom. The molecule has 0 fully saturated rings. The molecule has 0 atom stereocenters. The molecule has 0 radical (unpaired) electrons. The molecular formula is C16H18N2O4S. The van der Waals surface area contributed by atoms with Gasteiger partial charge >= 0.3 is 5.97 Å². The number of anilines is 1. The van der Waals surface area contributed by atoms with E-state index < -0.39 is 5.97 Å². The molecule has 7 heteroatoms. The molecule has 1 N–H and O–H groups in total. The van der Waals surface area contributed by atoms with Crippen molar-refractivity contribution in [1.29, 1.82) is 0 Å². The minimum atomic E-state index is -0.482. The quantitative estimate of drug-likeness (QED) is 0.818. The van der Waals surface area contributed by atoms with Gasteiger partial charge in [0.1, 0.15) is 5.76 Å². The molecule has 0 saturated carbocycles. The zero-order chi connectivity index (χ0) is 16.8. The lowest BCUT2D eigenvalue weighted by Crippen LogP contribution is -2.17. The number of esters is 1. The van der Waals surface area contributed by atoms with Gasteiger partial charge in [0, 0.05) is 11.3 Å². The third kappa shape index (κ3) is 4.35. The van der Waals surface area contributed by atoms with Crippen LogP contribution in [0.5, 0.6) is 0 Å². The molecule has 0 aliphatic rings. The number of carbonyl (C=O) groups is 2. The summed E-state index contributed by atoms with van der Waals surface area (Å²) in [5, 5.41) is 6.62. The monoisotopic (exact) mass is 334 g/mol. The van der Waals surface area contributed by atoms with Gasteiger partial charge in [0.25, 0.3) is 0 Å². The predicted molar refractivity (Wildman–Crippen MR) is 88.6 cm³/mol. The first-order valence-corrected chi connectivity index (χ1v) is 8.15. The minimum absolute atomic E-state index is 0.182. The van der Waals surface area contributed by atoms with Crippen molar-refractivity contribution in [3.8, 4) is 0 Å². The van der Waals surface area contributed by atoms with Gasteiger partial charge in [-0.3, -0.25) is 4.79 Å². The van der Waals surface area contributed by atoms with Crippen molar-refractivity contribution in [2.45, 2.75) is 19.6 Å². The maximum Gasteiger partial charge on any atom is 0.339 e. The molecule has 1 heterocycles. The number of ether oxygens (including phenoxy) is 1. The summed E-state index contributed by atoms with van der Waals surface area (Å²) in [5.74, 6) is 1.01. The zero-order valence-corrected chi connectivity index (χ0v) is 14.0. The standard InChI is InChI=1S/C16H18N2O4S/c1-10-13(11(2)22-18-10)8-23-9-15(19)17-14-7-5-4-6-12(14)16(20)21-3/h4-7H,8-9H2,1-3H3,(H,17,19). The van der Waals surface area contributed by atoms with Gasteiger partial charge in [-0.25, -0.2) is 4.79 Å². The molecule has 0 spiro atoms. The van der Waals surface area contributed by atoms with Crippen molar-refractivity contribution >= 4 is 29.3 Å². The van der Waals surface area contributed by atoms with E-state index in [1.807, 2.05) is 13.8 Å². The van der Waals surface area contributed by atoms with Crippen molar-refractivity contribution < 1.29 is 18.8 Å². The van der Waals surface area contributed by atoms with Crippen LogP contribution in [0.1, 0.15) is 27.4 Å². The van der Waals surface area contributed by atoms with E-state index >= 15 is 0 Å². The molecular weight excluding hydrogens is 316 g/mol. The van der Waals surface area contributed by atoms with Gasteiger partial charge in [0.2, 0.25) is 5.91 Å². The van der Waals surface area contributed by atoms with Crippen molar-refractivity contribution in [3.63, 3.8) is 0 Å². The molecule has 0 saturated heterocycles. The van der Waals surface area contributed by atoms with Crippen LogP contribution in [0.2, 0.25) is 0 Å². The van der Waals surface area contributed by atoms with E-state index in [0.717, 1.165) is 17.0 Å². The lowest BCUT2D eigenvalue weighted by Gasteiger charge is -2.09. The van der Waals surface area contributed by atoms with Gasteiger partial charge in [-0.1, -0.05) is 17.3 Å². The maximum atomic E-state index is 12.1. The maximum absolute atomic E-state index is 12.1. The normalized spacial score (nSPS) is 10.4. The highest BCUT2D eigenvalue weighted by Gasteiger charge is 2.14. The minimum Gasteiger partial charge on any atom is -0.465 e. The number of aryl methyl sites for hydroxylation is 2. The topological polar surface area (TPSA) is 81.4 Å². The summed E-state index contributed by atoms with van der Waals surface area (Å²) in [4.78, 5) is 23.7. The second-order valence-electron chi connectivity index (χ2n) is 4.88. The SMILES string of the molecule is COC(=O)c1ccccc1NC(=O)CSCc1c(C)noc1C. The molecule has 1 amide bonds. The van der Waals surface area contributed by atoms with Crippen LogP contribution in [-0.2, 0) is 15.3 Å². The number of hydrogen-bond acceptors (Lipinski definition) is 6. The lowest BCUT2D eigenvalue weighted by molar-refractivity contribution is -0.113. The van der Waals surface area contributed by atoms with Crippen molar-refractivity contribution in [1.82, 2.24) is 5.16 Å². The number of nitrogens with one attached hydrogen (secondary N) is 1. The third-order valence-electron chi connectivity index (χ3n) is 3.27. The van der Waals surface area contributed by atoms with Gasteiger partial charge in [-0.2, -0.15) is 0 Å². The number of nitrogens with zero attached hydrogens (tertiary/aromatic N) is 1. The molecule has 1 aromatic carbocycles. The van der Waals surface area contributed by atoms with E-state index in [9.17, 15) is 9.59 Å². The highest BCUT2D eigenvalue weighted by Crippen LogP contribution is 2.20. The fraction of sp³-hybridized carbons (Fsp3) is 0.312. The third-order valence-corrected chi connectivity index (χ3v) is 4.23. The Labute approximate surface area is 138 Å². The molecule has 1 aromatic heterocycles. The average molecular weight is 334 g/mol. The van der Waals surface area contributed by atoms with Crippen LogP contribution in [0, 0.1) is 13.8 Å². The molecule has 6 nitrogen and oxygen atoms in total. The number of carbonyl (C=O) groups excluding carboxylic acids is 2. The Bertz CT molecular complexity index is 692. The van der Waals surface area contributed by atoms with Crippen LogP contribution in [0.15, 0.2) is 28.8 Å². The number of methoxy groups -OCH3 is 1. The van der Waals surface area contributed by atoms with Gasteiger partial charge in [-0.15, -0.1) is 11.8 Å². The van der Waals surface area contributed by atoms with Crippen molar-refractivity contribution in [3.05, 3.63) is 46.8 Å². The first-order valence-electron chi connectivity index (χ1n) is 6.99. The molecule has 0 bridgehead atoms. The van der Waals surface area contributed by atoms with E-state index in [2.05, 4.69) is 10.5 Å². The average Bonchev–Trinajstić information content (AvgIpc) is 2.86. The Hall–Kier alpha value is -2.28. The number of benzene rings is 1. The van der Waals surface area contributed by atoms with E-state index in [-0.39, 0.29) is 11.7 Å². The molecule has 122 valence electrons. The van der Waals surface area contributed by atoms with Crippen molar-refractivity contribution in [2.24, 2.45) is 0 Å². The van der Waals surface area contributed by atoms with Gasteiger partial charge < -0.3 is 14.6 Å². The van der Waals surface area contributed by atoms with Crippen LogP contribution in [-0.4, -0.2) is 29.9 Å². The molecule has 23 heavy (non-hydrogen) atoms. The Morgan fingerprint density at radius 1 is 1.30 bits per heavy atom. The van der Waals surface area contributed by atoms with Gasteiger partial charge in [0.15, 0.2) is 0 Å². The summed E-state index contributed by atoms with van der Waals surface area (Å²) in [7, 11) is 1.31. The summed E-state index contributed by atoms with van der Waals surface area (Å²) in [5.41, 5.74) is 2.63. The van der Waals surface area contributed by atoms with Gasteiger partial charge in [-0.05, 0) is 26.0 Å². The fourth-order valence-electron chi connectivity index (χ4n) is 2.02. The molecule has 0 aliphatic heterocycles. The summed E-state index contributed by atoms with van der Waals surface area (Å²) >= 11 is 1.46. The van der Waals surface area contributed by atoms with Crippen LogP contribution >= 0.6 is 11.8 Å². The van der Waals surface area contributed by atoms with Crippen LogP contribution < -0.4 is 5.32 Å². The number of para-hydroxylation sites is 1. The van der Waals surface area contributed by atoms with Crippen LogP contribution in [0.4, 0.5) is 5.69 Å². The van der Waals surface area contributed by atoms with Crippen LogP contribution in [0.25, 0.3) is 0 Å². The van der Waals surface area contributed by atoms with Crippen LogP contribution in [0.3, 0.4) is 0 Å². The van der Waals surface area contributed by atoms with E-state index in [1.165, 1.54) is 18.9 Å². The predicted octanol–water partition coefficient (Wildman–Crippen LogP) is 2.95. The van der Waals surface area contributed by atoms with Crippen molar-refractivity contribution in [2.75, 3.05) is 18.2 Å². The number of rotatable bonds is 6. The smallest absolute Gasteiger partial charge is 0.339 e. The highest BCUT2D eigenvalue weighted by molar-refractivity contribution is 7.99. The van der Waals surface area contributed by atoms with E-state index in [0.29, 0.717) is 17.0 Å². The summed E-state index contributed by atoms with van der Waals surface area (Å²) in [6.45, 7) is 3.72. The highest BCUT2D eigenvalue weighted by atomic mass is 32.2. The summed E-state index contributed by atoms with van der Waals surface area (Å²) in [6, 6.07) is 6.74. The van der Waals surface area contributed by atoms with E-state index in [1.54, 1.807) is 24.3 Å². The Kier molecular flexibility index (Phi) is 5.81. The number of hydrogen-bond donors (Lipinski definition) is 1. The number of thioether (sulfide) groups is 1. The molecule has 0 unspecified atom stereocenters. The second kappa shape index (κ2) is 7.82. The molecule has 2 aromatic rings.